The Balaban J connectivity index is 2.24. The predicted octanol–water partition coefficient (Wildman–Crippen LogP) is 4.56. The van der Waals surface area contributed by atoms with Gasteiger partial charge in [0.1, 0.15) is 0 Å². The van der Waals surface area contributed by atoms with Crippen molar-refractivity contribution in [2.45, 2.75) is 31.7 Å². The number of nitrogens with one attached hydrogen (secondary N) is 1. The van der Waals surface area contributed by atoms with Crippen LogP contribution in [0.2, 0.25) is 10.0 Å². The summed E-state index contributed by atoms with van der Waals surface area (Å²) < 4.78 is 0. The number of hydrogen-bond donors (Lipinski definition) is 2. The van der Waals surface area contributed by atoms with E-state index in [1.165, 1.54) is 5.56 Å². The molecule has 0 aliphatic carbocycles. The van der Waals surface area contributed by atoms with Gasteiger partial charge in [0, 0.05) is 12.0 Å². The van der Waals surface area contributed by atoms with Gasteiger partial charge in [-0.25, -0.2) is 0 Å². The molecule has 2 aromatic rings. The van der Waals surface area contributed by atoms with Crippen LogP contribution in [0.3, 0.4) is 0 Å². The topological polar surface area (TPSA) is 38.0 Å². The first-order chi connectivity index (χ1) is 10.2. The fourth-order valence-corrected chi connectivity index (χ4v) is 3.11. The predicted molar refractivity (Wildman–Crippen MR) is 90.8 cm³/mol. The molecule has 112 valence electrons. The summed E-state index contributed by atoms with van der Waals surface area (Å²) in [6.45, 7) is 2.17. The summed E-state index contributed by atoms with van der Waals surface area (Å²) in [7, 11) is 0. The summed E-state index contributed by atoms with van der Waals surface area (Å²) in [5.41, 5.74) is 5.24. The Kier molecular flexibility index (Phi) is 6.07. The zero-order valence-corrected chi connectivity index (χ0v) is 13.5. The van der Waals surface area contributed by atoms with E-state index in [-0.39, 0.29) is 6.04 Å². The van der Waals surface area contributed by atoms with Crippen molar-refractivity contribution in [1.29, 1.82) is 0 Å². The molecule has 0 aromatic heterocycles. The molecule has 0 bridgehead atoms. The Morgan fingerprint density at radius 1 is 1.05 bits per heavy atom. The number of nitrogens with two attached hydrogens (primary N) is 1. The van der Waals surface area contributed by atoms with E-state index in [4.69, 9.17) is 29.0 Å². The fraction of sp³-hybridized carbons (Fsp3) is 0.294. The maximum atomic E-state index is 6.29. The smallest absolute Gasteiger partial charge is 0.0624 e. The van der Waals surface area contributed by atoms with Crippen LogP contribution in [-0.2, 0) is 6.42 Å². The first kappa shape index (κ1) is 16.3. The van der Waals surface area contributed by atoms with E-state index in [2.05, 4.69) is 36.6 Å². The van der Waals surface area contributed by atoms with Gasteiger partial charge in [0.05, 0.1) is 10.0 Å². The molecule has 0 saturated carbocycles. The van der Waals surface area contributed by atoms with Crippen LogP contribution in [0.15, 0.2) is 48.5 Å². The fourth-order valence-electron chi connectivity index (χ4n) is 2.71. The number of halogens is 2. The van der Waals surface area contributed by atoms with Crippen molar-refractivity contribution in [2.75, 3.05) is 0 Å². The summed E-state index contributed by atoms with van der Waals surface area (Å²) in [6.07, 6.45) is 1.74. The SMILES string of the molecule is CCC(c1ccccc1)C(Cc1cccc(Cl)c1Cl)NN. The van der Waals surface area contributed by atoms with Crippen molar-refractivity contribution < 1.29 is 0 Å². The molecular formula is C17H20Cl2N2. The van der Waals surface area contributed by atoms with Gasteiger partial charge in [0.2, 0.25) is 0 Å². The lowest BCUT2D eigenvalue weighted by Crippen LogP contribution is -2.41. The Labute approximate surface area is 136 Å². The monoisotopic (exact) mass is 322 g/mol. The largest absolute Gasteiger partial charge is 0.271 e. The molecular weight excluding hydrogens is 303 g/mol. The van der Waals surface area contributed by atoms with Crippen LogP contribution in [0, 0.1) is 0 Å². The highest BCUT2D eigenvalue weighted by molar-refractivity contribution is 6.42. The number of benzene rings is 2. The van der Waals surface area contributed by atoms with Gasteiger partial charge in [0.15, 0.2) is 0 Å². The third-order valence-electron chi connectivity index (χ3n) is 3.84. The van der Waals surface area contributed by atoms with E-state index in [9.17, 15) is 0 Å². The second-order valence-corrected chi connectivity index (χ2v) is 5.90. The molecule has 0 fully saturated rings. The molecule has 0 aliphatic heterocycles. The third-order valence-corrected chi connectivity index (χ3v) is 4.70. The average Bonchev–Trinajstić information content (AvgIpc) is 2.52. The van der Waals surface area contributed by atoms with Crippen LogP contribution in [0.1, 0.15) is 30.4 Å². The minimum atomic E-state index is 0.105. The van der Waals surface area contributed by atoms with Crippen LogP contribution in [-0.4, -0.2) is 6.04 Å². The van der Waals surface area contributed by atoms with Crippen molar-refractivity contribution in [1.82, 2.24) is 5.43 Å². The number of hydrazine groups is 1. The van der Waals surface area contributed by atoms with Gasteiger partial charge in [-0.05, 0) is 30.0 Å². The van der Waals surface area contributed by atoms with Crippen LogP contribution in [0.25, 0.3) is 0 Å². The van der Waals surface area contributed by atoms with Gasteiger partial charge >= 0.3 is 0 Å². The first-order valence-electron chi connectivity index (χ1n) is 7.11. The molecule has 0 aliphatic rings. The van der Waals surface area contributed by atoms with Gasteiger partial charge in [-0.3, -0.25) is 11.3 Å². The summed E-state index contributed by atoms with van der Waals surface area (Å²) in [4.78, 5) is 0. The van der Waals surface area contributed by atoms with Crippen molar-refractivity contribution in [3.63, 3.8) is 0 Å². The van der Waals surface area contributed by atoms with Crippen LogP contribution < -0.4 is 11.3 Å². The van der Waals surface area contributed by atoms with Gasteiger partial charge in [-0.2, -0.15) is 0 Å². The second kappa shape index (κ2) is 7.81. The van der Waals surface area contributed by atoms with E-state index in [1.807, 2.05) is 18.2 Å². The average molecular weight is 323 g/mol. The van der Waals surface area contributed by atoms with Gasteiger partial charge < -0.3 is 0 Å². The molecule has 3 N–H and O–H groups in total. The lowest BCUT2D eigenvalue weighted by atomic mass is 9.86. The molecule has 0 radical (unpaired) electrons. The van der Waals surface area contributed by atoms with Crippen LogP contribution in [0.4, 0.5) is 0 Å². The van der Waals surface area contributed by atoms with Crippen molar-refractivity contribution in [3.8, 4) is 0 Å². The molecule has 0 amide bonds. The Morgan fingerprint density at radius 2 is 1.76 bits per heavy atom. The zero-order chi connectivity index (χ0) is 15.2. The van der Waals surface area contributed by atoms with Crippen molar-refractivity contribution in [2.24, 2.45) is 5.84 Å². The van der Waals surface area contributed by atoms with Crippen LogP contribution >= 0.6 is 23.2 Å². The summed E-state index contributed by atoms with van der Waals surface area (Å²) in [5.74, 6) is 6.12. The molecule has 0 spiro atoms. The lowest BCUT2D eigenvalue weighted by molar-refractivity contribution is 0.427. The highest BCUT2D eigenvalue weighted by atomic mass is 35.5. The maximum Gasteiger partial charge on any atom is 0.0624 e. The van der Waals surface area contributed by atoms with E-state index in [1.54, 1.807) is 6.07 Å². The molecule has 4 heteroatoms. The van der Waals surface area contributed by atoms with E-state index < -0.39 is 0 Å². The normalized spacial score (nSPS) is 13.9. The standard InChI is InChI=1S/C17H20Cl2N2/c1-2-14(12-7-4-3-5-8-12)16(21-20)11-13-9-6-10-15(18)17(13)19/h3-10,14,16,21H,2,11,20H2,1H3. The molecule has 2 atom stereocenters. The Bertz CT molecular complexity index is 572. The molecule has 2 aromatic carbocycles. The Morgan fingerprint density at radius 3 is 2.38 bits per heavy atom. The van der Waals surface area contributed by atoms with Gasteiger partial charge in [0.25, 0.3) is 0 Å². The Hall–Kier alpha value is -1.06. The van der Waals surface area contributed by atoms with E-state index in [0.29, 0.717) is 16.0 Å². The summed E-state index contributed by atoms with van der Waals surface area (Å²) in [6, 6.07) is 16.2. The van der Waals surface area contributed by atoms with Crippen molar-refractivity contribution in [3.05, 3.63) is 69.7 Å². The van der Waals surface area contributed by atoms with E-state index >= 15 is 0 Å². The molecule has 2 rings (SSSR count). The zero-order valence-electron chi connectivity index (χ0n) is 12.0. The molecule has 0 saturated heterocycles. The highest BCUT2D eigenvalue weighted by Gasteiger charge is 2.22. The molecule has 2 nitrogen and oxygen atoms in total. The lowest BCUT2D eigenvalue weighted by Gasteiger charge is -2.26. The number of hydrogen-bond acceptors (Lipinski definition) is 2. The second-order valence-electron chi connectivity index (χ2n) is 5.12. The highest BCUT2D eigenvalue weighted by Crippen LogP contribution is 2.30. The number of rotatable bonds is 6. The summed E-state index contributed by atoms with van der Waals surface area (Å²) >= 11 is 12.4. The third kappa shape index (κ3) is 3.98. The first-order valence-corrected chi connectivity index (χ1v) is 7.87. The van der Waals surface area contributed by atoms with Crippen molar-refractivity contribution >= 4 is 23.2 Å². The molecule has 2 unspecified atom stereocenters. The van der Waals surface area contributed by atoms with E-state index in [0.717, 1.165) is 18.4 Å². The maximum absolute atomic E-state index is 6.29. The van der Waals surface area contributed by atoms with Gasteiger partial charge in [-0.1, -0.05) is 72.6 Å². The minimum absolute atomic E-state index is 0.105. The van der Waals surface area contributed by atoms with Crippen LogP contribution in [0.5, 0.6) is 0 Å². The minimum Gasteiger partial charge on any atom is -0.271 e. The molecule has 0 heterocycles. The van der Waals surface area contributed by atoms with Gasteiger partial charge in [-0.15, -0.1) is 0 Å². The molecule has 21 heavy (non-hydrogen) atoms. The summed E-state index contributed by atoms with van der Waals surface area (Å²) in [5, 5.41) is 1.19. The quantitative estimate of drug-likeness (QED) is 0.604.